The van der Waals surface area contributed by atoms with Crippen LogP contribution >= 0.6 is 40.3 Å². The lowest BCUT2D eigenvalue weighted by molar-refractivity contribution is -0.0485. The molecule has 6 heterocycles. The number of nitrogens with one attached hydrogen (secondary N) is 1. The van der Waals surface area contributed by atoms with Gasteiger partial charge in [0, 0.05) is 0 Å². The number of nitrogens with two attached hydrogens (primary N) is 2. The van der Waals surface area contributed by atoms with Crippen LogP contribution in [0.25, 0.3) is 22.3 Å². The van der Waals surface area contributed by atoms with Gasteiger partial charge < -0.3 is 79.8 Å². The van der Waals surface area contributed by atoms with E-state index >= 15 is 0 Å². The summed E-state index contributed by atoms with van der Waals surface area (Å²) in [4.78, 5) is 97.6. The molecule has 4 aromatic rings. The number of aromatic nitrogens is 8. The third kappa shape index (κ3) is 12.2. The van der Waals surface area contributed by atoms with E-state index in [1.807, 2.05) is 0 Å². The summed E-state index contributed by atoms with van der Waals surface area (Å²) in [7, 11) is 0. The normalized spacial score (nSPS) is 30.3. The summed E-state index contributed by atoms with van der Waals surface area (Å²) >= 11 is 28.5. The Morgan fingerprint density at radius 3 is 1.47 bits per heavy atom. The molecule has 15 N–H and O–H groups in total. The molecule has 0 aromatic carbocycles. The van der Waals surface area contributed by atoms with Crippen molar-refractivity contribution in [1.82, 2.24) is 39.0 Å². The molecule has 62 heavy (non-hydrogen) atoms. The first-order valence-electron chi connectivity index (χ1n) is 16.0. The second kappa shape index (κ2) is 19.0. The Morgan fingerprint density at radius 1 is 0.613 bits per heavy atom. The highest BCUT2D eigenvalue weighted by molar-refractivity contribution is 8.21. The molecule has 2 aliphatic heterocycles. The first kappa shape index (κ1) is 51.0. The number of aliphatic hydroxyl groups excluding tert-OH is 4. The molecule has 14 atom stereocenters. The van der Waals surface area contributed by atoms with Crippen LogP contribution in [0.4, 0.5) is 11.8 Å². The van der Waals surface area contributed by atoms with E-state index in [9.17, 15) is 54.6 Å². The second-order valence-corrected chi connectivity index (χ2v) is 30.0. The molecule has 0 aliphatic carbocycles. The number of fused-ring (bicyclic) bond motifs is 2. The van der Waals surface area contributed by atoms with Gasteiger partial charge in [-0.05, 0) is 70.8 Å². The predicted molar refractivity (Wildman–Crippen MR) is 230 cm³/mol. The summed E-state index contributed by atoms with van der Waals surface area (Å²) in [5, 5.41) is 42.4. The van der Waals surface area contributed by atoms with Crippen molar-refractivity contribution < 1.29 is 89.9 Å². The molecule has 0 spiro atoms. The van der Waals surface area contributed by atoms with Crippen LogP contribution in [0.2, 0.25) is 0 Å². The molecule has 2 aliphatic rings. The first-order chi connectivity index (χ1) is 28.5. The van der Waals surface area contributed by atoms with Crippen molar-refractivity contribution in [1.29, 1.82) is 0 Å². The molecule has 0 bridgehead atoms. The topological polar surface area (TPSA) is 445 Å². The van der Waals surface area contributed by atoms with Gasteiger partial charge in [-0.1, -0.05) is 0 Å². The number of hydrogen-bond donors (Lipinski definition) is 13. The average Bonchev–Trinajstić information content (AvgIpc) is 3.86. The number of hydrogen-bond acceptors (Lipinski definition) is 27. The highest BCUT2D eigenvalue weighted by Gasteiger charge is 2.48. The Bertz CT molecular complexity index is 2720. The average molecular weight is 1110 g/mol. The van der Waals surface area contributed by atoms with E-state index in [1.165, 1.54) is 10.9 Å². The van der Waals surface area contributed by atoms with Gasteiger partial charge in [0.2, 0.25) is 5.95 Å². The molecule has 6 unspecified atom stereocenters. The summed E-state index contributed by atoms with van der Waals surface area (Å²) in [6.45, 7) is -31.4. The molecule has 0 saturated carbocycles. The van der Waals surface area contributed by atoms with Crippen LogP contribution in [0, 0.1) is 0 Å². The van der Waals surface area contributed by atoms with E-state index in [-0.39, 0.29) is 34.1 Å². The van der Waals surface area contributed by atoms with Gasteiger partial charge in [0.05, 0.1) is 25.9 Å². The van der Waals surface area contributed by atoms with Crippen molar-refractivity contribution in [2.24, 2.45) is 0 Å². The predicted octanol–water partition coefficient (Wildman–Crippen LogP) is -2.22. The maximum atomic E-state index is 12.1. The summed E-state index contributed by atoms with van der Waals surface area (Å²) < 4.78 is 47.5. The third-order valence-corrected chi connectivity index (χ3v) is 23.7. The Kier molecular flexibility index (Phi) is 15.6. The molecule has 4 aromatic heterocycles. The van der Waals surface area contributed by atoms with Gasteiger partial charge in [-0.25, -0.2) is 41.5 Å². The maximum absolute atomic E-state index is 12.1. The van der Waals surface area contributed by atoms with Crippen LogP contribution in [0.15, 0.2) is 23.8 Å². The fourth-order valence-corrected chi connectivity index (χ4v) is 23.7. The fraction of sp³-hybridized carbons (Fsp3) is 0.500. The van der Waals surface area contributed by atoms with E-state index in [1.54, 1.807) is 0 Å². The number of nitrogens with zero attached hydrogens (tertiary/aromatic N) is 7. The maximum Gasteiger partial charge on any atom is 0.339 e. The van der Waals surface area contributed by atoms with E-state index in [0.29, 0.717) is 0 Å². The number of aromatic amines is 1. The summed E-state index contributed by atoms with van der Waals surface area (Å²) in [5.41, 5.74) is 10.7. The quantitative estimate of drug-likeness (QED) is 0.0469. The Labute approximate surface area is 375 Å². The molecule has 42 heteroatoms. The van der Waals surface area contributed by atoms with E-state index in [4.69, 9.17) is 118 Å². The summed E-state index contributed by atoms with van der Waals surface area (Å²) in [6, 6.07) is 0. The number of aliphatic hydroxyl groups is 4. The number of imidazole rings is 2. The largest absolute Gasteiger partial charge is 0.387 e. The van der Waals surface area contributed by atoms with E-state index < -0.39 is 108 Å². The Hall–Kier alpha value is -0.360. The standard InChI is InChI=1S/C20H30N10O20P6S6/c21-14-8-15(24-3-23-14)29(4-25-8)18-12(33)10(31)6(44-18)1-42-51(36,57)46-53(38,59)48-55(40,61)50-56(41,62)49-54(39,60)47-52(37,58)43-2-7-11(32)13(34)19(45-7)30-5-26-9-16(30)27-20(22)28-17(9)35/h3-7,10-13,18-19,31-34H,1-2H2,(H,36,57)(H,37,58)(H,38,59)(H,39,60)(H,40,61)(H,41,62)(H2,21,23,24)(H3,22,27,28,35)/t6-,7-,10-,11-,12-,13-,18-,19-,51?,52?,53?,54?,55?,56?/m1/s1. The van der Waals surface area contributed by atoms with Crippen LogP contribution < -0.4 is 17.0 Å². The van der Waals surface area contributed by atoms with Crippen molar-refractivity contribution in [2.75, 3.05) is 24.7 Å². The zero-order chi connectivity index (χ0) is 46.0. The molecular weight excluding hydrogens is 1080 g/mol. The van der Waals surface area contributed by atoms with Gasteiger partial charge >= 0.3 is 40.3 Å². The van der Waals surface area contributed by atoms with Crippen LogP contribution in [0.3, 0.4) is 0 Å². The second-order valence-electron chi connectivity index (χ2n) is 12.3. The van der Waals surface area contributed by atoms with Gasteiger partial charge in [0.25, 0.3) is 5.56 Å². The SMILES string of the molecule is Nc1nc2c(ncn2[C@@H]2O[C@H](COP(O)(=S)OP(O)(=S)OP(O)(=S)OP(O)(=S)OP(O)(=S)OP(O)(=S)OC[C@H]3O[C@@H](n4cnc5c(N)ncnc54)[C@H](O)[C@@H]3O)[C@@H](O)[C@H]2O)c(=O)[nH]1. The first-order valence-corrected chi connectivity index (χ1v) is 31.5. The van der Waals surface area contributed by atoms with Crippen LogP contribution in [0.1, 0.15) is 12.5 Å². The summed E-state index contributed by atoms with van der Waals surface area (Å²) in [6.07, 6.45) is -8.86. The van der Waals surface area contributed by atoms with Crippen molar-refractivity contribution >= 4 is 145 Å². The highest BCUT2D eigenvalue weighted by Crippen LogP contribution is 2.75. The van der Waals surface area contributed by atoms with Crippen LogP contribution in [-0.4, -0.2) is 139 Å². The van der Waals surface area contributed by atoms with Gasteiger partial charge in [0.15, 0.2) is 35.1 Å². The third-order valence-electron chi connectivity index (χ3n) is 7.90. The van der Waals surface area contributed by atoms with Crippen molar-refractivity contribution in [3.63, 3.8) is 0 Å². The Balaban J connectivity index is 0.995. The number of nitrogen functional groups attached to an aromatic ring is 2. The fourth-order valence-electron chi connectivity index (χ4n) is 5.47. The lowest BCUT2D eigenvalue weighted by atomic mass is 10.1. The minimum absolute atomic E-state index is 0.0269. The number of anilines is 2. The smallest absolute Gasteiger partial charge is 0.339 e. The minimum atomic E-state index is -5.13. The van der Waals surface area contributed by atoms with Crippen molar-refractivity contribution in [3.8, 4) is 0 Å². The number of H-pyrrole nitrogens is 1. The zero-order valence-electron chi connectivity index (χ0n) is 29.7. The van der Waals surface area contributed by atoms with E-state index in [2.05, 4.69) is 34.2 Å². The highest BCUT2D eigenvalue weighted by atomic mass is 32.5. The molecule has 2 fully saturated rings. The number of rotatable bonds is 18. The molecule has 0 amide bonds. The van der Waals surface area contributed by atoms with Crippen LogP contribution in [0.5, 0.6) is 0 Å². The molecular formula is C20H30N10O20P6S6. The van der Waals surface area contributed by atoms with Gasteiger partial charge in [0.1, 0.15) is 48.5 Å². The summed E-state index contributed by atoms with van der Waals surface area (Å²) in [5.74, 6) is -0.260. The van der Waals surface area contributed by atoms with Crippen LogP contribution in [-0.2, 0) is 111 Å². The molecule has 30 nitrogen and oxygen atoms in total. The molecule has 346 valence electrons. The molecule has 2 saturated heterocycles. The lowest BCUT2D eigenvalue weighted by Gasteiger charge is -2.28. The van der Waals surface area contributed by atoms with Crippen molar-refractivity contribution in [2.45, 2.75) is 49.1 Å². The van der Waals surface area contributed by atoms with E-state index in [0.717, 1.165) is 17.2 Å². The molecule has 0 radical (unpaired) electrons. The number of ether oxygens (including phenoxy) is 2. The van der Waals surface area contributed by atoms with Gasteiger partial charge in [-0.2, -0.15) is 4.98 Å². The monoisotopic (exact) mass is 1110 g/mol. The molecule has 6 rings (SSSR count). The lowest BCUT2D eigenvalue weighted by Crippen LogP contribution is -2.33. The van der Waals surface area contributed by atoms with Gasteiger partial charge in [-0.15, -0.1) is 0 Å². The van der Waals surface area contributed by atoms with Crippen molar-refractivity contribution in [3.05, 3.63) is 29.3 Å². The zero-order valence-corrected chi connectivity index (χ0v) is 40.0. The minimum Gasteiger partial charge on any atom is -0.387 e. The van der Waals surface area contributed by atoms with Gasteiger partial charge in [-0.3, -0.25) is 18.9 Å². The Morgan fingerprint density at radius 2 is 1.02 bits per heavy atom.